The molecule has 0 aliphatic carbocycles. The van der Waals surface area contributed by atoms with E-state index in [2.05, 4.69) is 10.6 Å². The lowest BCUT2D eigenvalue weighted by Gasteiger charge is -2.33. The van der Waals surface area contributed by atoms with Crippen molar-refractivity contribution in [2.45, 2.75) is 52.0 Å². The molecule has 0 aromatic heterocycles. The van der Waals surface area contributed by atoms with Crippen molar-refractivity contribution in [3.63, 3.8) is 0 Å². The lowest BCUT2D eigenvalue weighted by molar-refractivity contribution is -0.126. The molecule has 1 aromatic carbocycles. The summed E-state index contributed by atoms with van der Waals surface area (Å²) in [5.41, 5.74) is 7.78. The first-order valence-electron chi connectivity index (χ1n) is 9.56. The Hall–Kier alpha value is -2.08. The van der Waals surface area contributed by atoms with Crippen LogP contribution in [0.15, 0.2) is 24.3 Å². The number of amides is 3. The summed E-state index contributed by atoms with van der Waals surface area (Å²) in [6.45, 7) is 7.65. The molecule has 6 nitrogen and oxygen atoms in total. The normalized spacial score (nSPS) is 17.7. The molecule has 6 heteroatoms. The van der Waals surface area contributed by atoms with Gasteiger partial charge in [0.15, 0.2) is 0 Å². The van der Waals surface area contributed by atoms with Crippen LogP contribution in [0.2, 0.25) is 0 Å². The molecular formula is C20H32N4O2. The standard InChI is InChI=1S/C20H32N4O2/c1-4-20(21,5-2)14-22-18(25)16-9-7-11-24(13-16)19(26)23-17-10-6-8-15(3)12-17/h6,8,10,12,16H,4-5,7,9,11,13-14,21H2,1-3H3,(H,22,25)(H,23,26). The van der Waals surface area contributed by atoms with E-state index in [1.54, 1.807) is 4.90 Å². The van der Waals surface area contributed by atoms with Gasteiger partial charge in [-0.25, -0.2) is 4.79 Å². The van der Waals surface area contributed by atoms with Crippen molar-refractivity contribution in [3.8, 4) is 0 Å². The average molecular weight is 361 g/mol. The maximum absolute atomic E-state index is 12.5. The summed E-state index contributed by atoms with van der Waals surface area (Å²) in [4.78, 5) is 26.8. The molecule has 1 fully saturated rings. The van der Waals surface area contributed by atoms with Crippen LogP contribution in [0.3, 0.4) is 0 Å². The van der Waals surface area contributed by atoms with Crippen LogP contribution in [0.1, 0.15) is 45.1 Å². The van der Waals surface area contributed by atoms with E-state index in [-0.39, 0.29) is 23.4 Å². The largest absolute Gasteiger partial charge is 0.354 e. The number of benzene rings is 1. The number of nitrogens with one attached hydrogen (secondary N) is 2. The molecule has 1 heterocycles. The third-order valence-electron chi connectivity index (χ3n) is 5.37. The Labute approximate surface area is 156 Å². The van der Waals surface area contributed by atoms with Crippen LogP contribution in [0.5, 0.6) is 0 Å². The van der Waals surface area contributed by atoms with Crippen LogP contribution in [-0.4, -0.2) is 42.0 Å². The molecule has 1 aliphatic heterocycles. The Kier molecular flexibility index (Phi) is 7.03. The van der Waals surface area contributed by atoms with E-state index in [0.717, 1.165) is 36.9 Å². The minimum atomic E-state index is -0.355. The first kappa shape index (κ1) is 20.2. The van der Waals surface area contributed by atoms with Crippen molar-refractivity contribution in [3.05, 3.63) is 29.8 Å². The number of piperidine rings is 1. The number of carbonyl (C=O) groups is 2. The molecule has 1 saturated heterocycles. The van der Waals surface area contributed by atoms with Gasteiger partial charge in [-0.2, -0.15) is 0 Å². The maximum atomic E-state index is 12.5. The van der Waals surface area contributed by atoms with Gasteiger partial charge in [0, 0.05) is 30.9 Å². The predicted octanol–water partition coefficient (Wildman–Crippen LogP) is 2.87. The van der Waals surface area contributed by atoms with Crippen LogP contribution in [0.4, 0.5) is 10.5 Å². The summed E-state index contributed by atoms with van der Waals surface area (Å²) in [7, 11) is 0. The topological polar surface area (TPSA) is 87.5 Å². The van der Waals surface area contributed by atoms with Gasteiger partial charge in [-0.3, -0.25) is 4.79 Å². The fourth-order valence-corrected chi connectivity index (χ4v) is 3.21. The minimum Gasteiger partial charge on any atom is -0.354 e. The van der Waals surface area contributed by atoms with E-state index < -0.39 is 0 Å². The number of urea groups is 1. The number of nitrogens with two attached hydrogens (primary N) is 1. The fourth-order valence-electron chi connectivity index (χ4n) is 3.21. The second-order valence-electron chi connectivity index (χ2n) is 7.37. The summed E-state index contributed by atoms with van der Waals surface area (Å²) >= 11 is 0. The molecule has 26 heavy (non-hydrogen) atoms. The predicted molar refractivity (Wildman–Crippen MR) is 105 cm³/mol. The van der Waals surface area contributed by atoms with Gasteiger partial charge in [0.1, 0.15) is 0 Å². The molecule has 144 valence electrons. The van der Waals surface area contributed by atoms with Gasteiger partial charge in [-0.1, -0.05) is 26.0 Å². The zero-order valence-electron chi connectivity index (χ0n) is 16.2. The highest BCUT2D eigenvalue weighted by Gasteiger charge is 2.30. The summed E-state index contributed by atoms with van der Waals surface area (Å²) in [5, 5.41) is 5.91. The van der Waals surface area contributed by atoms with E-state index >= 15 is 0 Å². The van der Waals surface area contributed by atoms with Gasteiger partial charge in [0.05, 0.1) is 5.92 Å². The SMILES string of the molecule is CCC(N)(CC)CNC(=O)C1CCCN(C(=O)Nc2cccc(C)c2)C1. The van der Waals surface area contributed by atoms with Crippen molar-refractivity contribution >= 4 is 17.6 Å². The van der Waals surface area contributed by atoms with Crippen molar-refractivity contribution in [1.82, 2.24) is 10.2 Å². The monoisotopic (exact) mass is 360 g/mol. The number of likely N-dealkylation sites (tertiary alicyclic amines) is 1. The molecule has 2 rings (SSSR count). The molecule has 1 atom stereocenters. The second kappa shape index (κ2) is 9.03. The van der Waals surface area contributed by atoms with Gasteiger partial charge >= 0.3 is 6.03 Å². The summed E-state index contributed by atoms with van der Waals surface area (Å²) in [6, 6.07) is 7.56. The lowest BCUT2D eigenvalue weighted by Crippen LogP contribution is -2.52. The number of hydrogen-bond acceptors (Lipinski definition) is 3. The average Bonchev–Trinajstić information content (AvgIpc) is 2.66. The van der Waals surface area contributed by atoms with Gasteiger partial charge in [-0.05, 0) is 50.3 Å². The Morgan fingerprint density at radius 3 is 2.69 bits per heavy atom. The van der Waals surface area contributed by atoms with Crippen LogP contribution >= 0.6 is 0 Å². The highest BCUT2D eigenvalue weighted by Crippen LogP contribution is 2.19. The Balaban J connectivity index is 1.89. The van der Waals surface area contributed by atoms with E-state index in [1.165, 1.54) is 0 Å². The molecule has 0 radical (unpaired) electrons. The zero-order chi connectivity index (χ0) is 19.2. The van der Waals surface area contributed by atoms with Crippen LogP contribution in [-0.2, 0) is 4.79 Å². The van der Waals surface area contributed by atoms with Crippen molar-refractivity contribution in [2.24, 2.45) is 11.7 Å². The molecule has 0 saturated carbocycles. The van der Waals surface area contributed by atoms with E-state index in [1.807, 2.05) is 45.0 Å². The van der Waals surface area contributed by atoms with Crippen molar-refractivity contribution < 1.29 is 9.59 Å². The van der Waals surface area contributed by atoms with E-state index in [9.17, 15) is 9.59 Å². The summed E-state index contributed by atoms with van der Waals surface area (Å²) < 4.78 is 0. The maximum Gasteiger partial charge on any atom is 0.321 e. The Morgan fingerprint density at radius 2 is 2.04 bits per heavy atom. The number of hydrogen-bond donors (Lipinski definition) is 3. The van der Waals surface area contributed by atoms with Crippen molar-refractivity contribution in [1.29, 1.82) is 0 Å². The van der Waals surface area contributed by atoms with Gasteiger partial charge in [-0.15, -0.1) is 0 Å². The Bertz CT molecular complexity index is 628. The first-order valence-corrected chi connectivity index (χ1v) is 9.56. The molecule has 1 unspecified atom stereocenters. The Morgan fingerprint density at radius 1 is 1.31 bits per heavy atom. The molecule has 1 aliphatic rings. The highest BCUT2D eigenvalue weighted by atomic mass is 16.2. The molecule has 4 N–H and O–H groups in total. The number of anilines is 1. The number of nitrogens with zero attached hydrogens (tertiary/aromatic N) is 1. The summed E-state index contributed by atoms with van der Waals surface area (Å²) in [5.74, 6) is -0.181. The van der Waals surface area contributed by atoms with Gasteiger partial charge in [0.2, 0.25) is 5.91 Å². The number of rotatable bonds is 6. The first-order chi connectivity index (χ1) is 12.4. The highest BCUT2D eigenvalue weighted by molar-refractivity contribution is 5.90. The van der Waals surface area contributed by atoms with Gasteiger partial charge in [0.25, 0.3) is 0 Å². The molecule has 0 spiro atoms. The minimum absolute atomic E-state index is 0.00483. The zero-order valence-corrected chi connectivity index (χ0v) is 16.2. The number of carbonyl (C=O) groups excluding carboxylic acids is 2. The van der Waals surface area contributed by atoms with Crippen LogP contribution in [0, 0.1) is 12.8 Å². The third-order valence-corrected chi connectivity index (χ3v) is 5.37. The van der Waals surface area contributed by atoms with Crippen molar-refractivity contribution in [2.75, 3.05) is 25.0 Å². The molecule has 3 amide bonds. The quantitative estimate of drug-likeness (QED) is 0.729. The molecular weight excluding hydrogens is 328 g/mol. The van der Waals surface area contributed by atoms with E-state index in [4.69, 9.17) is 5.73 Å². The smallest absolute Gasteiger partial charge is 0.321 e. The molecule has 1 aromatic rings. The third kappa shape index (κ3) is 5.46. The van der Waals surface area contributed by atoms with Crippen LogP contribution in [0.25, 0.3) is 0 Å². The molecule has 0 bridgehead atoms. The lowest BCUT2D eigenvalue weighted by atomic mass is 9.93. The number of aryl methyl sites for hydroxylation is 1. The van der Waals surface area contributed by atoms with E-state index in [0.29, 0.717) is 19.6 Å². The fraction of sp³-hybridized carbons (Fsp3) is 0.600. The second-order valence-corrected chi connectivity index (χ2v) is 7.37. The van der Waals surface area contributed by atoms with Crippen LogP contribution < -0.4 is 16.4 Å². The summed E-state index contributed by atoms with van der Waals surface area (Å²) in [6.07, 6.45) is 3.27. The van der Waals surface area contributed by atoms with Gasteiger partial charge < -0.3 is 21.3 Å².